The first-order chi connectivity index (χ1) is 24.8. The summed E-state index contributed by atoms with van der Waals surface area (Å²) >= 11 is 0. The van der Waals surface area contributed by atoms with Crippen LogP contribution < -0.4 is 0 Å². The number of hydrogen-bond donors (Lipinski definition) is 4. The van der Waals surface area contributed by atoms with Crippen LogP contribution in [-0.2, 0) is 28.5 Å². The molecule has 1 rings (SSSR count). The Labute approximate surface area is 307 Å². The highest BCUT2D eigenvalue weighted by Gasteiger charge is 2.44. The maximum absolute atomic E-state index is 12.7. The Bertz CT molecular complexity index is 1020. The van der Waals surface area contributed by atoms with Crippen molar-refractivity contribution in [2.75, 3.05) is 19.8 Å². The van der Waals surface area contributed by atoms with E-state index in [0.717, 1.165) is 70.6 Å². The summed E-state index contributed by atoms with van der Waals surface area (Å²) in [5.74, 6) is -0.879. The molecule has 10 heteroatoms. The average Bonchev–Trinajstić information content (AvgIpc) is 3.13. The van der Waals surface area contributed by atoms with Gasteiger partial charge in [-0.25, -0.2) is 0 Å². The molecule has 0 bridgehead atoms. The molecule has 292 valence electrons. The molecule has 0 radical (unpaired) electrons. The second-order valence-corrected chi connectivity index (χ2v) is 13.0. The van der Waals surface area contributed by atoms with Crippen LogP contribution in [0.5, 0.6) is 0 Å². The molecule has 1 heterocycles. The lowest BCUT2D eigenvalue weighted by molar-refractivity contribution is -0.305. The van der Waals surface area contributed by atoms with Crippen molar-refractivity contribution < 1.29 is 49.0 Å². The van der Waals surface area contributed by atoms with Gasteiger partial charge in [-0.1, -0.05) is 100 Å². The zero-order chi connectivity index (χ0) is 37.4. The number of hydrogen-bond acceptors (Lipinski definition) is 10. The number of allylic oxidation sites excluding steroid dienone is 10. The molecule has 0 saturated carbocycles. The molecule has 1 fully saturated rings. The number of aliphatic hydroxyl groups excluding tert-OH is 4. The minimum Gasteiger partial charge on any atom is -0.462 e. The number of unbranched alkanes of at least 4 members (excludes halogenated alkanes) is 9. The van der Waals surface area contributed by atoms with Gasteiger partial charge in [-0.2, -0.15) is 0 Å². The molecule has 10 nitrogen and oxygen atoms in total. The fourth-order valence-electron chi connectivity index (χ4n) is 5.29. The normalized spacial score (nSPS) is 21.9. The highest BCUT2D eigenvalue weighted by molar-refractivity contribution is 5.70. The van der Waals surface area contributed by atoms with E-state index in [1.807, 2.05) is 0 Å². The van der Waals surface area contributed by atoms with Crippen molar-refractivity contribution in [3.05, 3.63) is 60.8 Å². The predicted molar refractivity (Wildman–Crippen MR) is 201 cm³/mol. The van der Waals surface area contributed by atoms with Gasteiger partial charge in [-0.3, -0.25) is 9.59 Å². The zero-order valence-corrected chi connectivity index (χ0v) is 31.3. The zero-order valence-electron chi connectivity index (χ0n) is 31.3. The number of esters is 2. The maximum atomic E-state index is 12.7. The quantitative estimate of drug-likeness (QED) is 0.0344. The molecule has 51 heavy (non-hydrogen) atoms. The van der Waals surface area contributed by atoms with Crippen LogP contribution in [0.2, 0.25) is 0 Å². The number of ether oxygens (including phenoxy) is 4. The van der Waals surface area contributed by atoms with E-state index in [9.17, 15) is 30.0 Å². The van der Waals surface area contributed by atoms with Crippen LogP contribution in [0.4, 0.5) is 0 Å². The van der Waals surface area contributed by atoms with Crippen LogP contribution in [0.25, 0.3) is 0 Å². The van der Waals surface area contributed by atoms with E-state index in [1.54, 1.807) is 0 Å². The monoisotopic (exact) mass is 720 g/mol. The second kappa shape index (κ2) is 32.1. The SMILES string of the molecule is CCC=CCC=CCC=CCCCCCC(=O)OCC(COC1OC(CO)C(O)C(O)C1O)OC(=O)CCCCCC=CCC=CCCCCC. The highest BCUT2D eigenvalue weighted by atomic mass is 16.7. The minimum absolute atomic E-state index is 0.190. The lowest BCUT2D eigenvalue weighted by Crippen LogP contribution is -2.59. The van der Waals surface area contributed by atoms with Crippen LogP contribution in [0.3, 0.4) is 0 Å². The molecule has 0 aromatic heterocycles. The Hall–Kier alpha value is -2.60. The van der Waals surface area contributed by atoms with Gasteiger partial charge in [0.15, 0.2) is 12.4 Å². The summed E-state index contributed by atoms with van der Waals surface area (Å²) in [6, 6.07) is 0. The summed E-state index contributed by atoms with van der Waals surface area (Å²) in [7, 11) is 0. The van der Waals surface area contributed by atoms with Crippen molar-refractivity contribution in [1.82, 2.24) is 0 Å². The van der Waals surface area contributed by atoms with E-state index < -0.39 is 55.4 Å². The van der Waals surface area contributed by atoms with Crippen LogP contribution in [0.1, 0.15) is 129 Å². The summed E-state index contributed by atoms with van der Waals surface area (Å²) in [6.45, 7) is 3.18. The molecular formula is C41H68O10. The van der Waals surface area contributed by atoms with Crippen LogP contribution in [-0.4, -0.2) is 89.0 Å². The largest absolute Gasteiger partial charge is 0.462 e. The fraction of sp³-hybridized carbons (Fsp3) is 0.707. The van der Waals surface area contributed by atoms with Gasteiger partial charge in [0, 0.05) is 12.8 Å². The number of rotatable bonds is 30. The molecule has 0 aromatic carbocycles. The topological polar surface area (TPSA) is 152 Å². The molecule has 0 aliphatic carbocycles. The third-order valence-electron chi connectivity index (χ3n) is 8.39. The second-order valence-electron chi connectivity index (χ2n) is 13.0. The Morgan fingerprint density at radius 1 is 0.627 bits per heavy atom. The minimum atomic E-state index is -1.60. The Morgan fingerprint density at radius 3 is 1.71 bits per heavy atom. The van der Waals surface area contributed by atoms with Crippen LogP contribution in [0, 0.1) is 0 Å². The first-order valence-electron chi connectivity index (χ1n) is 19.4. The Morgan fingerprint density at radius 2 is 1.16 bits per heavy atom. The summed E-state index contributed by atoms with van der Waals surface area (Å²) < 4.78 is 22.0. The number of aliphatic hydroxyl groups is 4. The third kappa shape index (κ3) is 24.3. The fourth-order valence-corrected chi connectivity index (χ4v) is 5.29. The van der Waals surface area contributed by atoms with Gasteiger partial charge in [0.1, 0.15) is 31.0 Å². The van der Waals surface area contributed by atoms with Gasteiger partial charge >= 0.3 is 11.9 Å². The molecule has 1 aliphatic rings. The summed E-state index contributed by atoms with van der Waals surface area (Å²) in [5, 5.41) is 39.9. The molecule has 0 amide bonds. The van der Waals surface area contributed by atoms with E-state index in [1.165, 1.54) is 19.3 Å². The first kappa shape index (κ1) is 46.4. The van der Waals surface area contributed by atoms with E-state index in [2.05, 4.69) is 74.6 Å². The van der Waals surface area contributed by atoms with Gasteiger partial charge in [0.25, 0.3) is 0 Å². The Balaban J connectivity index is 2.45. The third-order valence-corrected chi connectivity index (χ3v) is 8.39. The van der Waals surface area contributed by atoms with Gasteiger partial charge < -0.3 is 39.4 Å². The smallest absolute Gasteiger partial charge is 0.306 e. The van der Waals surface area contributed by atoms with Crippen molar-refractivity contribution in [2.45, 2.75) is 166 Å². The van der Waals surface area contributed by atoms with Gasteiger partial charge in [0.05, 0.1) is 13.2 Å². The van der Waals surface area contributed by atoms with Crippen molar-refractivity contribution in [1.29, 1.82) is 0 Å². The lowest BCUT2D eigenvalue weighted by Gasteiger charge is -2.39. The molecule has 1 saturated heterocycles. The Kier molecular flexibility index (Phi) is 29.2. The standard InChI is InChI=1S/C41H68O10/c1-3-5-7-9-11-13-15-17-19-21-23-25-27-29-36(43)48-32-34(33-49-41-40(47)39(46)38(45)35(31-42)51-41)50-37(44)30-28-26-24-22-20-18-16-14-12-10-8-6-4-2/h5,7,11-14,17-20,34-35,38-42,45-47H,3-4,6,8-10,15-16,21-33H2,1-2H3. The summed E-state index contributed by atoms with van der Waals surface area (Å²) in [6.07, 6.45) is 29.5. The van der Waals surface area contributed by atoms with Crippen molar-refractivity contribution in [2.24, 2.45) is 0 Å². The predicted octanol–water partition coefficient (Wildman–Crippen LogP) is 7.10. The van der Waals surface area contributed by atoms with E-state index in [0.29, 0.717) is 12.8 Å². The molecule has 0 aromatic rings. The van der Waals surface area contributed by atoms with Crippen LogP contribution in [0.15, 0.2) is 60.8 Å². The molecule has 0 spiro atoms. The van der Waals surface area contributed by atoms with Crippen molar-refractivity contribution in [3.63, 3.8) is 0 Å². The summed E-state index contributed by atoms with van der Waals surface area (Å²) in [4.78, 5) is 25.1. The number of carbonyl (C=O) groups is 2. The van der Waals surface area contributed by atoms with Gasteiger partial charge in [-0.05, 0) is 77.0 Å². The van der Waals surface area contributed by atoms with Gasteiger partial charge in [-0.15, -0.1) is 0 Å². The molecule has 6 atom stereocenters. The number of carbonyl (C=O) groups excluding carboxylic acids is 2. The van der Waals surface area contributed by atoms with Crippen molar-refractivity contribution in [3.8, 4) is 0 Å². The lowest BCUT2D eigenvalue weighted by atomic mass is 9.99. The van der Waals surface area contributed by atoms with Crippen molar-refractivity contribution >= 4 is 11.9 Å². The van der Waals surface area contributed by atoms with E-state index >= 15 is 0 Å². The molecule has 6 unspecified atom stereocenters. The average molecular weight is 721 g/mol. The molecule has 1 aliphatic heterocycles. The molecule has 4 N–H and O–H groups in total. The van der Waals surface area contributed by atoms with Crippen LogP contribution >= 0.6 is 0 Å². The van der Waals surface area contributed by atoms with E-state index in [4.69, 9.17) is 18.9 Å². The highest BCUT2D eigenvalue weighted by Crippen LogP contribution is 2.22. The van der Waals surface area contributed by atoms with Gasteiger partial charge in [0.2, 0.25) is 0 Å². The molecular weight excluding hydrogens is 652 g/mol. The first-order valence-corrected chi connectivity index (χ1v) is 19.4. The summed E-state index contributed by atoms with van der Waals surface area (Å²) in [5.41, 5.74) is 0. The van der Waals surface area contributed by atoms with E-state index in [-0.39, 0.29) is 26.1 Å². The maximum Gasteiger partial charge on any atom is 0.306 e.